The van der Waals surface area contributed by atoms with Crippen LogP contribution in [-0.4, -0.2) is 21.7 Å². The van der Waals surface area contributed by atoms with Gasteiger partial charge in [-0.2, -0.15) is 12.8 Å². The Morgan fingerprint density at radius 3 is 2.85 bits per heavy atom. The smallest absolute Gasteiger partial charge is 0.283 e. The van der Waals surface area contributed by atoms with Crippen molar-refractivity contribution in [3.05, 3.63) is 23.8 Å². The van der Waals surface area contributed by atoms with E-state index in [0.717, 1.165) is 0 Å². The second kappa shape index (κ2) is 2.56. The maximum Gasteiger partial charge on any atom is 0.283 e. The van der Waals surface area contributed by atoms with Gasteiger partial charge in [-0.15, -0.1) is 0 Å². The highest BCUT2D eigenvalue weighted by Crippen LogP contribution is 2.29. The average Bonchev–Trinajstić information content (AvgIpc) is 2.43. The molecule has 1 heterocycles. The van der Waals surface area contributed by atoms with Gasteiger partial charge in [-0.05, 0) is 12.1 Å². The van der Waals surface area contributed by atoms with E-state index in [1.165, 1.54) is 19.4 Å². The molecule has 0 amide bonds. The van der Waals surface area contributed by atoms with E-state index in [1.807, 2.05) is 0 Å². The molecule has 0 saturated carbocycles. The van der Waals surface area contributed by atoms with Crippen molar-refractivity contribution in [2.75, 3.05) is 7.11 Å². The highest BCUT2D eigenvalue weighted by atomic mass is 32.2. The molecule has 0 fully saturated rings. The van der Waals surface area contributed by atoms with Gasteiger partial charge >= 0.3 is 0 Å². The molecule has 13 heavy (non-hydrogen) atoms. The Bertz CT molecular complexity index is 476. The van der Waals surface area contributed by atoms with Gasteiger partial charge < -0.3 is 4.74 Å². The van der Waals surface area contributed by atoms with Crippen LogP contribution in [0.2, 0.25) is 0 Å². The third-order valence-electron chi connectivity index (χ3n) is 1.84. The van der Waals surface area contributed by atoms with Crippen molar-refractivity contribution in [3.8, 4) is 5.75 Å². The number of ether oxygens (including phenoxy) is 1. The first-order chi connectivity index (χ1) is 6.15. The van der Waals surface area contributed by atoms with Gasteiger partial charge in [-0.3, -0.25) is 0 Å². The van der Waals surface area contributed by atoms with Crippen molar-refractivity contribution in [1.29, 1.82) is 0 Å². The van der Waals surface area contributed by atoms with Crippen LogP contribution in [0.1, 0.15) is 5.56 Å². The predicted octanol–water partition coefficient (Wildman–Crippen LogP) is 0.816. The standard InChI is InChI=1S/C8H7NO3S/c1-12-7-3-2-4-8-6(7)5-9-13(8,10)11/h2-5H,1H3. The zero-order valence-corrected chi connectivity index (χ0v) is 7.71. The number of methoxy groups -OCH3 is 1. The third kappa shape index (κ3) is 1.12. The van der Waals surface area contributed by atoms with Gasteiger partial charge in [0.05, 0.1) is 18.9 Å². The number of benzene rings is 1. The summed E-state index contributed by atoms with van der Waals surface area (Å²) in [5, 5.41) is 0. The predicted molar refractivity (Wildman–Crippen MR) is 47.8 cm³/mol. The Kier molecular flexibility index (Phi) is 1.63. The first-order valence-electron chi connectivity index (χ1n) is 3.62. The molecule has 2 rings (SSSR count). The minimum absolute atomic E-state index is 0.215. The molecule has 1 aromatic rings. The van der Waals surface area contributed by atoms with Crippen LogP contribution in [0.25, 0.3) is 0 Å². The molecule has 0 atom stereocenters. The fourth-order valence-corrected chi connectivity index (χ4v) is 2.27. The Morgan fingerprint density at radius 2 is 2.15 bits per heavy atom. The molecule has 0 aromatic heterocycles. The molecular formula is C8H7NO3S. The van der Waals surface area contributed by atoms with E-state index in [1.54, 1.807) is 12.1 Å². The van der Waals surface area contributed by atoms with E-state index in [2.05, 4.69) is 4.40 Å². The molecule has 68 valence electrons. The minimum Gasteiger partial charge on any atom is -0.496 e. The van der Waals surface area contributed by atoms with Crippen LogP contribution in [0.3, 0.4) is 0 Å². The number of nitrogens with zero attached hydrogens (tertiary/aromatic N) is 1. The van der Waals surface area contributed by atoms with E-state index in [-0.39, 0.29) is 4.90 Å². The van der Waals surface area contributed by atoms with Crippen molar-refractivity contribution in [2.24, 2.45) is 4.40 Å². The van der Waals surface area contributed by atoms with Crippen LogP contribution in [0, 0.1) is 0 Å². The summed E-state index contributed by atoms with van der Waals surface area (Å²) in [7, 11) is -1.95. The van der Waals surface area contributed by atoms with Crippen molar-refractivity contribution < 1.29 is 13.2 Å². The highest BCUT2D eigenvalue weighted by molar-refractivity contribution is 7.90. The number of fused-ring (bicyclic) bond motifs is 1. The summed E-state index contributed by atoms with van der Waals surface area (Å²) in [5.74, 6) is 0.530. The average molecular weight is 197 g/mol. The normalized spacial score (nSPS) is 17.0. The lowest BCUT2D eigenvalue weighted by Crippen LogP contribution is -1.95. The Balaban J connectivity index is 2.76. The van der Waals surface area contributed by atoms with Crippen molar-refractivity contribution >= 4 is 16.2 Å². The number of hydrogen-bond donors (Lipinski definition) is 0. The monoisotopic (exact) mass is 197 g/mol. The van der Waals surface area contributed by atoms with Crippen LogP contribution in [0.5, 0.6) is 5.75 Å². The molecule has 0 bridgehead atoms. The Morgan fingerprint density at radius 1 is 1.38 bits per heavy atom. The molecule has 0 saturated heterocycles. The van der Waals surface area contributed by atoms with Crippen LogP contribution >= 0.6 is 0 Å². The summed E-state index contributed by atoms with van der Waals surface area (Å²) < 4.78 is 30.9. The van der Waals surface area contributed by atoms with E-state index in [0.29, 0.717) is 11.3 Å². The second-order valence-corrected chi connectivity index (χ2v) is 4.18. The quantitative estimate of drug-likeness (QED) is 0.669. The molecule has 1 aromatic carbocycles. The molecule has 0 spiro atoms. The number of hydrogen-bond acceptors (Lipinski definition) is 3. The maximum atomic E-state index is 11.3. The summed E-state index contributed by atoms with van der Waals surface area (Å²) >= 11 is 0. The Labute approximate surface area is 75.9 Å². The first kappa shape index (κ1) is 8.25. The molecule has 1 aliphatic rings. The van der Waals surface area contributed by atoms with E-state index >= 15 is 0 Å². The first-order valence-corrected chi connectivity index (χ1v) is 5.06. The fraction of sp³-hybridized carbons (Fsp3) is 0.125. The zero-order chi connectivity index (χ0) is 9.47. The van der Waals surface area contributed by atoms with Crippen LogP contribution in [0.4, 0.5) is 0 Å². The van der Waals surface area contributed by atoms with E-state index in [4.69, 9.17) is 4.74 Å². The van der Waals surface area contributed by atoms with Gasteiger partial charge in [0.15, 0.2) is 0 Å². The van der Waals surface area contributed by atoms with E-state index in [9.17, 15) is 8.42 Å². The second-order valence-electron chi connectivity index (χ2n) is 2.58. The van der Waals surface area contributed by atoms with Gasteiger partial charge in [0.1, 0.15) is 10.6 Å². The lowest BCUT2D eigenvalue weighted by atomic mass is 10.2. The largest absolute Gasteiger partial charge is 0.496 e. The minimum atomic E-state index is -3.45. The fourth-order valence-electron chi connectivity index (χ4n) is 1.23. The van der Waals surface area contributed by atoms with E-state index < -0.39 is 10.0 Å². The molecular weight excluding hydrogens is 190 g/mol. The molecule has 0 N–H and O–H groups in total. The van der Waals surface area contributed by atoms with Gasteiger partial charge in [-0.25, -0.2) is 0 Å². The summed E-state index contributed by atoms with van der Waals surface area (Å²) in [6, 6.07) is 4.84. The van der Waals surface area contributed by atoms with Crippen LogP contribution in [-0.2, 0) is 10.0 Å². The summed E-state index contributed by atoms with van der Waals surface area (Å²) in [4.78, 5) is 0.215. The van der Waals surface area contributed by atoms with Gasteiger partial charge in [0, 0.05) is 0 Å². The molecule has 5 heteroatoms. The van der Waals surface area contributed by atoms with Crippen LogP contribution in [0.15, 0.2) is 27.5 Å². The highest BCUT2D eigenvalue weighted by Gasteiger charge is 2.24. The van der Waals surface area contributed by atoms with Crippen molar-refractivity contribution in [1.82, 2.24) is 0 Å². The molecule has 0 unspecified atom stereocenters. The SMILES string of the molecule is COc1cccc2c1C=NS2(=O)=O. The summed E-state index contributed by atoms with van der Waals surface area (Å²) in [6.07, 6.45) is 1.31. The Hall–Kier alpha value is -1.36. The van der Waals surface area contributed by atoms with Gasteiger partial charge in [0.2, 0.25) is 0 Å². The molecule has 0 radical (unpaired) electrons. The van der Waals surface area contributed by atoms with Crippen LogP contribution < -0.4 is 4.74 Å². The van der Waals surface area contributed by atoms with Gasteiger partial charge in [-0.1, -0.05) is 6.07 Å². The van der Waals surface area contributed by atoms with Crippen molar-refractivity contribution in [2.45, 2.75) is 4.90 Å². The number of sulfonamides is 1. The van der Waals surface area contributed by atoms with Gasteiger partial charge in [0.25, 0.3) is 10.0 Å². The third-order valence-corrected chi connectivity index (χ3v) is 3.14. The number of rotatable bonds is 1. The summed E-state index contributed by atoms with van der Waals surface area (Å²) in [6.45, 7) is 0. The summed E-state index contributed by atoms with van der Waals surface area (Å²) in [5.41, 5.74) is 0.532. The molecule has 1 aliphatic heterocycles. The topological polar surface area (TPSA) is 55.7 Å². The molecule has 4 nitrogen and oxygen atoms in total. The molecule has 0 aliphatic carbocycles. The lowest BCUT2D eigenvalue weighted by molar-refractivity contribution is 0.413. The maximum absolute atomic E-state index is 11.3. The van der Waals surface area contributed by atoms with Crippen molar-refractivity contribution in [3.63, 3.8) is 0 Å². The lowest BCUT2D eigenvalue weighted by Gasteiger charge is -2.02. The zero-order valence-electron chi connectivity index (χ0n) is 6.89.